The molecule has 0 heterocycles. The molecule has 0 aliphatic carbocycles. The number of rotatable bonds is 2. The molecular weight excluding hydrogens is 204 g/mol. The first-order valence-electron chi connectivity index (χ1n) is 3.31. The maximum Gasteiger partial charge on any atom is 0.437 e. The normalized spacial score (nSPS) is 16.6. The number of hydrogen-bond acceptors (Lipinski definition) is 1. The standard InChI is InChI=1S/C7H6F3O2P/c8-7(9,13(10,11)12)6-4-2-1-3-5-6/h1-5H,(H,11,12). The Morgan fingerprint density at radius 1 is 1.23 bits per heavy atom. The second-order valence-electron chi connectivity index (χ2n) is 2.41. The first-order chi connectivity index (χ1) is 5.86. The molecule has 0 aliphatic heterocycles. The van der Waals surface area contributed by atoms with Crippen molar-refractivity contribution in [1.29, 1.82) is 0 Å². The summed E-state index contributed by atoms with van der Waals surface area (Å²) < 4.78 is 47.9. The van der Waals surface area contributed by atoms with Crippen molar-refractivity contribution in [3.05, 3.63) is 35.9 Å². The smallest absolute Gasteiger partial charge is 0.317 e. The van der Waals surface area contributed by atoms with Crippen molar-refractivity contribution in [2.24, 2.45) is 0 Å². The van der Waals surface area contributed by atoms with Crippen molar-refractivity contribution < 1.29 is 22.4 Å². The Bertz CT molecular complexity index is 333. The van der Waals surface area contributed by atoms with Gasteiger partial charge in [0.25, 0.3) is 0 Å². The monoisotopic (exact) mass is 210 g/mol. The van der Waals surface area contributed by atoms with Crippen LogP contribution in [-0.4, -0.2) is 4.89 Å². The second-order valence-corrected chi connectivity index (χ2v) is 3.98. The van der Waals surface area contributed by atoms with Gasteiger partial charge in [0, 0.05) is 5.56 Å². The molecular formula is C7H6F3O2P. The molecule has 1 unspecified atom stereocenters. The van der Waals surface area contributed by atoms with Gasteiger partial charge in [-0.05, 0) is 0 Å². The molecule has 1 N–H and O–H groups in total. The Hall–Kier alpha value is -0.800. The van der Waals surface area contributed by atoms with Crippen LogP contribution in [0.2, 0.25) is 0 Å². The zero-order valence-electron chi connectivity index (χ0n) is 6.32. The molecule has 0 saturated carbocycles. The topological polar surface area (TPSA) is 37.3 Å². The van der Waals surface area contributed by atoms with E-state index < -0.39 is 18.9 Å². The minimum Gasteiger partial charge on any atom is -0.317 e. The van der Waals surface area contributed by atoms with Gasteiger partial charge in [0.2, 0.25) is 0 Å². The van der Waals surface area contributed by atoms with E-state index in [-0.39, 0.29) is 0 Å². The van der Waals surface area contributed by atoms with Gasteiger partial charge in [0.15, 0.2) is 0 Å². The third kappa shape index (κ3) is 1.92. The Balaban J connectivity index is 3.16. The van der Waals surface area contributed by atoms with Gasteiger partial charge >= 0.3 is 13.3 Å². The molecule has 0 fully saturated rings. The van der Waals surface area contributed by atoms with Crippen molar-refractivity contribution in [1.82, 2.24) is 0 Å². The number of benzene rings is 1. The van der Waals surface area contributed by atoms with Crippen molar-refractivity contribution in [2.75, 3.05) is 0 Å². The molecule has 1 atom stereocenters. The summed E-state index contributed by atoms with van der Waals surface area (Å²) in [4.78, 5) is 8.14. The first-order valence-corrected chi connectivity index (χ1v) is 4.86. The maximum absolute atomic E-state index is 12.8. The summed E-state index contributed by atoms with van der Waals surface area (Å²) >= 11 is 0. The third-order valence-corrected chi connectivity index (χ3v) is 2.42. The van der Waals surface area contributed by atoms with Crippen LogP contribution >= 0.6 is 7.68 Å². The maximum atomic E-state index is 12.8. The van der Waals surface area contributed by atoms with E-state index in [9.17, 15) is 17.5 Å². The van der Waals surface area contributed by atoms with E-state index in [1.54, 1.807) is 0 Å². The van der Waals surface area contributed by atoms with Crippen molar-refractivity contribution in [3.8, 4) is 0 Å². The van der Waals surface area contributed by atoms with E-state index in [1.807, 2.05) is 0 Å². The number of halogens is 3. The molecule has 2 nitrogen and oxygen atoms in total. The predicted molar refractivity (Wildman–Crippen MR) is 41.3 cm³/mol. The van der Waals surface area contributed by atoms with Crippen LogP contribution in [0.5, 0.6) is 0 Å². The van der Waals surface area contributed by atoms with Crippen molar-refractivity contribution in [3.63, 3.8) is 0 Å². The SMILES string of the molecule is O=P(O)(F)C(F)(F)c1ccccc1. The van der Waals surface area contributed by atoms with Gasteiger partial charge in [-0.15, -0.1) is 0 Å². The third-order valence-electron chi connectivity index (χ3n) is 1.47. The lowest BCUT2D eigenvalue weighted by molar-refractivity contribution is 0.0645. The number of hydrogen-bond donors (Lipinski definition) is 1. The summed E-state index contributed by atoms with van der Waals surface area (Å²) in [5, 5.41) is 0. The van der Waals surface area contributed by atoms with Crippen LogP contribution in [0.25, 0.3) is 0 Å². The second kappa shape index (κ2) is 3.16. The van der Waals surface area contributed by atoms with Gasteiger partial charge in [0.1, 0.15) is 0 Å². The lowest BCUT2D eigenvalue weighted by Gasteiger charge is -2.15. The lowest BCUT2D eigenvalue weighted by atomic mass is 10.2. The van der Waals surface area contributed by atoms with Crippen LogP contribution in [0.4, 0.5) is 13.0 Å². The van der Waals surface area contributed by atoms with E-state index in [0.717, 1.165) is 12.1 Å². The molecule has 1 rings (SSSR count). The fourth-order valence-electron chi connectivity index (χ4n) is 0.798. The average molecular weight is 210 g/mol. The van der Waals surface area contributed by atoms with E-state index >= 15 is 0 Å². The molecule has 0 aliphatic rings. The summed E-state index contributed by atoms with van der Waals surface area (Å²) in [7, 11) is -5.92. The first kappa shape index (κ1) is 10.3. The van der Waals surface area contributed by atoms with Gasteiger partial charge in [-0.3, -0.25) is 0 Å². The Labute approximate surface area is 72.6 Å². The van der Waals surface area contributed by atoms with Crippen LogP contribution < -0.4 is 0 Å². The molecule has 0 bridgehead atoms. The molecule has 1 aromatic rings. The highest BCUT2D eigenvalue weighted by Crippen LogP contribution is 2.63. The molecule has 13 heavy (non-hydrogen) atoms. The van der Waals surface area contributed by atoms with Crippen LogP contribution in [0.3, 0.4) is 0 Å². The van der Waals surface area contributed by atoms with Crippen LogP contribution in [-0.2, 0) is 10.2 Å². The fourth-order valence-corrected chi connectivity index (χ4v) is 1.27. The van der Waals surface area contributed by atoms with Crippen LogP contribution in [0.1, 0.15) is 5.56 Å². The van der Waals surface area contributed by atoms with Crippen molar-refractivity contribution in [2.45, 2.75) is 5.66 Å². The molecule has 1 aromatic carbocycles. The minimum absolute atomic E-state index is 0.802. The molecule has 0 spiro atoms. The van der Waals surface area contributed by atoms with E-state index in [1.165, 1.54) is 18.2 Å². The van der Waals surface area contributed by atoms with Crippen LogP contribution in [0, 0.1) is 0 Å². The summed E-state index contributed by atoms with van der Waals surface area (Å²) in [6, 6.07) is 5.70. The quantitative estimate of drug-likeness (QED) is 0.762. The van der Waals surface area contributed by atoms with E-state index in [4.69, 9.17) is 4.89 Å². The molecule has 0 radical (unpaired) electrons. The van der Waals surface area contributed by atoms with E-state index in [0.29, 0.717) is 0 Å². The zero-order chi connectivity index (χ0) is 10.1. The molecule has 0 saturated heterocycles. The highest BCUT2D eigenvalue weighted by atomic mass is 31.2. The van der Waals surface area contributed by atoms with Gasteiger partial charge in [-0.25, -0.2) is 4.57 Å². The van der Waals surface area contributed by atoms with Gasteiger partial charge in [0.05, 0.1) is 0 Å². The minimum atomic E-state index is -5.92. The predicted octanol–water partition coefficient (Wildman–Crippen LogP) is 2.89. The summed E-state index contributed by atoms with van der Waals surface area (Å²) in [6.45, 7) is 0. The van der Waals surface area contributed by atoms with Crippen molar-refractivity contribution >= 4 is 7.68 Å². The highest BCUT2D eigenvalue weighted by molar-refractivity contribution is 7.53. The van der Waals surface area contributed by atoms with Gasteiger partial charge in [-0.2, -0.15) is 13.0 Å². The number of alkyl halides is 2. The van der Waals surface area contributed by atoms with E-state index in [2.05, 4.69) is 0 Å². The summed E-state index contributed by atoms with van der Waals surface area (Å²) in [5.74, 6) is 0. The molecule has 0 aromatic heterocycles. The molecule has 0 amide bonds. The highest BCUT2D eigenvalue weighted by Gasteiger charge is 2.51. The van der Waals surface area contributed by atoms with Gasteiger partial charge < -0.3 is 4.89 Å². The fraction of sp³-hybridized carbons (Fsp3) is 0.143. The average Bonchev–Trinajstić information content (AvgIpc) is 2.04. The molecule has 72 valence electrons. The Morgan fingerprint density at radius 3 is 2.08 bits per heavy atom. The lowest BCUT2D eigenvalue weighted by Crippen LogP contribution is -2.11. The summed E-state index contributed by atoms with van der Waals surface area (Å²) in [5.41, 5.74) is -5.13. The Kier molecular flexibility index (Phi) is 2.50. The Morgan fingerprint density at radius 2 is 1.69 bits per heavy atom. The van der Waals surface area contributed by atoms with Crippen LogP contribution in [0.15, 0.2) is 30.3 Å². The largest absolute Gasteiger partial charge is 0.437 e. The molecule has 6 heteroatoms. The summed E-state index contributed by atoms with van der Waals surface area (Å²) in [6.07, 6.45) is 0. The van der Waals surface area contributed by atoms with Gasteiger partial charge in [-0.1, -0.05) is 30.3 Å². The zero-order valence-corrected chi connectivity index (χ0v) is 7.22.